The number of fused-ring (bicyclic) bond motifs is 1. The third kappa shape index (κ3) is 3.22. The fourth-order valence-electron chi connectivity index (χ4n) is 2.37. The van der Waals surface area contributed by atoms with Crippen molar-refractivity contribution in [2.24, 2.45) is 0 Å². The highest BCUT2D eigenvalue weighted by molar-refractivity contribution is 5.94. The SMILES string of the molecule is CCc1ccc(C(=O)NCc2ccc3c(c2)OCCO3)cc1. The zero-order chi connectivity index (χ0) is 15.4. The molecule has 0 saturated carbocycles. The summed E-state index contributed by atoms with van der Waals surface area (Å²) in [7, 11) is 0. The Morgan fingerprint density at radius 3 is 2.41 bits per heavy atom. The molecule has 1 amide bonds. The topological polar surface area (TPSA) is 47.6 Å². The van der Waals surface area contributed by atoms with Crippen molar-refractivity contribution in [2.45, 2.75) is 19.9 Å². The summed E-state index contributed by atoms with van der Waals surface area (Å²) in [5.74, 6) is 1.43. The van der Waals surface area contributed by atoms with Gasteiger partial charge in [0.25, 0.3) is 5.91 Å². The van der Waals surface area contributed by atoms with Crippen LogP contribution in [0.5, 0.6) is 11.5 Å². The first kappa shape index (κ1) is 14.4. The molecule has 114 valence electrons. The summed E-state index contributed by atoms with van der Waals surface area (Å²) in [6.07, 6.45) is 0.971. The predicted molar refractivity (Wildman–Crippen MR) is 84.4 cm³/mol. The average molecular weight is 297 g/mol. The third-order valence-corrected chi connectivity index (χ3v) is 3.68. The smallest absolute Gasteiger partial charge is 0.251 e. The summed E-state index contributed by atoms with van der Waals surface area (Å²) in [6.45, 7) is 3.70. The van der Waals surface area contributed by atoms with E-state index >= 15 is 0 Å². The molecular weight excluding hydrogens is 278 g/mol. The quantitative estimate of drug-likeness (QED) is 0.944. The molecule has 2 aromatic rings. The van der Waals surface area contributed by atoms with E-state index in [-0.39, 0.29) is 5.91 Å². The van der Waals surface area contributed by atoms with Crippen molar-refractivity contribution in [1.29, 1.82) is 0 Å². The van der Waals surface area contributed by atoms with Crippen LogP contribution < -0.4 is 14.8 Å². The largest absolute Gasteiger partial charge is 0.486 e. The molecule has 0 radical (unpaired) electrons. The molecule has 1 N–H and O–H groups in total. The molecule has 4 nitrogen and oxygen atoms in total. The van der Waals surface area contributed by atoms with Crippen LogP contribution in [0.3, 0.4) is 0 Å². The maximum Gasteiger partial charge on any atom is 0.251 e. The van der Waals surface area contributed by atoms with Gasteiger partial charge in [0.05, 0.1) is 0 Å². The van der Waals surface area contributed by atoms with E-state index in [0.717, 1.165) is 23.5 Å². The molecule has 1 aliphatic heterocycles. The number of carbonyl (C=O) groups excluding carboxylic acids is 1. The van der Waals surface area contributed by atoms with Crippen LogP contribution in [0.25, 0.3) is 0 Å². The second kappa shape index (κ2) is 6.52. The Bertz CT molecular complexity index is 665. The second-order valence-electron chi connectivity index (χ2n) is 5.21. The van der Waals surface area contributed by atoms with Crippen molar-refractivity contribution in [3.63, 3.8) is 0 Å². The Balaban J connectivity index is 1.62. The molecule has 2 aromatic carbocycles. The van der Waals surface area contributed by atoms with Gasteiger partial charge in [-0.15, -0.1) is 0 Å². The molecule has 3 rings (SSSR count). The van der Waals surface area contributed by atoms with Gasteiger partial charge in [-0.05, 0) is 41.8 Å². The molecule has 0 atom stereocenters. The van der Waals surface area contributed by atoms with Crippen LogP contribution in [0.4, 0.5) is 0 Å². The van der Waals surface area contributed by atoms with E-state index in [1.54, 1.807) is 0 Å². The van der Waals surface area contributed by atoms with E-state index in [4.69, 9.17) is 9.47 Å². The minimum atomic E-state index is -0.0717. The summed E-state index contributed by atoms with van der Waals surface area (Å²) in [5, 5.41) is 2.92. The molecule has 0 saturated heterocycles. The van der Waals surface area contributed by atoms with Gasteiger partial charge in [-0.1, -0.05) is 25.1 Å². The summed E-state index contributed by atoms with van der Waals surface area (Å²) in [6, 6.07) is 13.4. The highest BCUT2D eigenvalue weighted by Gasteiger charge is 2.12. The number of amides is 1. The van der Waals surface area contributed by atoms with Crippen LogP contribution in [0.1, 0.15) is 28.4 Å². The molecule has 1 aliphatic rings. The van der Waals surface area contributed by atoms with Crippen molar-refractivity contribution >= 4 is 5.91 Å². The zero-order valence-electron chi connectivity index (χ0n) is 12.6. The van der Waals surface area contributed by atoms with Gasteiger partial charge in [0.2, 0.25) is 0 Å². The van der Waals surface area contributed by atoms with Crippen molar-refractivity contribution in [3.05, 3.63) is 59.2 Å². The first-order valence-corrected chi connectivity index (χ1v) is 7.52. The van der Waals surface area contributed by atoms with E-state index in [1.165, 1.54) is 5.56 Å². The van der Waals surface area contributed by atoms with E-state index < -0.39 is 0 Å². The number of ether oxygens (including phenoxy) is 2. The van der Waals surface area contributed by atoms with Gasteiger partial charge in [-0.25, -0.2) is 0 Å². The first-order chi connectivity index (χ1) is 10.8. The van der Waals surface area contributed by atoms with Crippen LogP contribution in [0, 0.1) is 0 Å². The minimum absolute atomic E-state index is 0.0717. The summed E-state index contributed by atoms with van der Waals surface area (Å²) >= 11 is 0. The Kier molecular flexibility index (Phi) is 4.28. The van der Waals surface area contributed by atoms with Gasteiger partial charge < -0.3 is 14.8 Å². The molecule has 0 bridgehead atoms. The normalized spacial score (nSPS) is 12.8. The number of aryl methyl sites for hydroxylation is 1. The number of nitrogens with one attached hydrogen (secondary N) is 1. The number of benzene rings is 2. The zero-order valence-corrected chi connectivity index (χ0v) is 12.6. The molecule has 0 unspecified atom stereocenters. The van der Waals surface area contributed by atoms with Crippen LogP contribution in [-0.4, -0.2) is 19.1 Å². The Hall–Kier alpha value is -2.49. The molecule has 0 aliphatic carbocycles. The molecule has 0 aromatic heterocycles. The number of hydrogen-bond acceptors (Lipinski definition) is 3. The second-order valence-corrected chi connectivity index (χ2v) is 5.21. The molecule has 22 heavy (non-hydrogen) atoms. The summed E-state index contributed by atoms with van der Waals surface area (Å²) < 4.78 is 11.0. The van der Waals surface area contributed by atoms with Gasteiger partial charge >= 0.3 is 0 Å². The lowest BCUT2D eigenvalue weighted by atomic mass is 10.1. The lowest BCUT2D eigenvalue weighted by Crippen LogP contribution is -2.23. The molecule has 0 spiro atoms. The van der Waals surface area contributed by atoms with Crippen LogP contribution in [0.2, 0.25) is 0 Å². The number of carbonyl (C=O) groups is 1. The van der Waals surface area contributed by atoms with E-state index in [9.17, 15) is 4.79 Å². The molecule has 0 fully saturated rings. The third-order valence-electron chi connectivity index (χ3n) is 3.68. The van der Waals surface area contributed by atoms with Crippen molar-refractivity contribution in [1.82, 2.24) is 5.32 Å². The van der Waals surface area contributed by atoms with Gasteiger partial charge in [0, 0.05) is 12.1 Å². The van der Waals surface area contributed by atoms with Crippen LogP contribution in [-0.2, 0) is 13.0 Å². The van der Waals surface area contributed by atoms with Crippen molar-refractivity contribution in [2.75, 3.05) is 13.2 Å². The van der Waals surface area contributed by atoms with Crippen LogP contribution in [0.15, 0.2) is 42.5 Å². The van der Waals surface area contributed by atoms with Gasteiger partial charge in [0.15, 0.2) is 11.5 Å². The van der Waals surface area contributed by atoms with Gasteiger partial charge in [-0.3, -0.25) is 4.79 Å². The molecule has 4 heteroatoms. The average Bonchev–Trinajstić information content (AvgIpc) is 2.59. The highest BCUT2D eigenvalue weighted by Crippen LogP contribution is 2.30. The highest BCUT2D eigenvalue weighted by atomic mass is 16.6. The number of hydrogen-bond donors (Lipinski definition) is 1. The Morgan fingerprint density at radius 1 is 1.00 bits per heavy atom. The fraction of sp³-hybridized carbons (Fsp3) is 0.278. The maximum atomic E-state index is 12.1. The Morgan fingerprint density at radius 2 is 1.68 bits per heavy atom. The van der Waals surface area contributed by atoms with Crippen molar-refractivity contribution < 1.29 is 14.3 Å². The predicted octanol–water partition coefficient (Wildman–Crippen LogP) is 2.95. The standard InChI is InChI=1S/C18H19NO3/c1-2-13-3-6-15(7-4-13)18(20)19-12-14-5-8-16-17(11-14)22-10-9-21-16/h3-8,11H,2,9-10,12H2,1H3,(H,19,20). The number of rotatable bonds is 4. The van der Waals surface area contributed by atoms with Gasteiger partial charge in [0.1, 0.15) is 13.2 Å². The molecular formula is C18H19NO3. The fourth-order valence-corrected chi connectivity index (χ4v) is 2.37. The Labute approximate surface area is 130 Å². The first-order valence-electron chi connectivity index (χ1n) is 7.52. The van der Waals surface area contributed by atoms with Crippen molar-refractivity contribution in [3.8, 4) is 11.5 Å². The molecule has 1 heterocycles. The van der Waals surface area contributed by atoms with Gasteiger partial charge in [-0.2, -0.15) is 0 Å². The minimum Gasteiger partial charge on any atom is -0.486 e. The monoisotopic (exact) mass is 297 g/mol. The lowest BCUT2D eigenvalue weighted by molar-refractivity contribution is 0.0951. The maximum absolute atomic E-state index is 12.1. The van der Waals surface area contributed by atoms with Crippen LogP contribution >= 0.6 is 0 Å². The lowest BCUT2D eigenvalue weighted by Gasteiger charge is -2.19. The van der Waals surface area contributed by atoms with E-state index in [0.29, 0.717) is 25.3 Å². The summed E-state index contributed by atoms with van der Waals surface area (Å²) in [5.41, 5.74) is 2.89. The van der Waals surface area contributed by atoms with E-state index in [2.05, 4.69) is 12.2 Å². The summed E-state index contributed by atoms with van der Waals surface area (Å²) in [4.78, 5) is 12.1. The van der Waals surface area contributed by atoms with E-state index in [1.807, 2.05) is 42.5 Å².